The molecule has 0 bridgehead atoms. The van der Waals surface area contributed by atoms with E-state index >= 15 is 0 Å². The van der Waals surface area contributed by atoms with Gasteiger partial charge in [-0.15, -0.1) is 0 Å². The molecule has 0 unspecified atom stereocenters. The quantitative estimate of drug-likeness (QED) is 0.632. The Morgan fingerprint density at radius 3 is 2.23 bits per heavy atom. The van der Waals surface area contributed by atoms with Crippen LogP contribution in [-0.4, -0.2) is 25.2 Å². The SMILES string of the molecule is CC(=O)c1ccc(-c2ccc(C=O)c(N3CCCC3)c2)cc1. The van der Waals surface area contributed by atoms with E-state index < -0.39 is 0 Å². The predicted molar refractivity (Wildman–Crippen MR) is 88.7 cm³/mol. The molecule has 0 spiro atoms. The minimum atomic E-state index is 0.0700. The zero-order valence-electron chi connectivity index (χ0n) is 12.7. The van der Waals surface area contributed by atoms with Crippen LogP contribution in [-0.2, 0) is 0 Å². The molecule has 2 aromatic carbocycles. The highest BCUT2D eigenvalue weighted by molar-refractivity contribution is 5.94. The Labute approximate surface area is 130 Å². The molecule has 0 aliphatic carbocycles. The number of hydrogen-bond donors (Lipinski definition) is 0. The van der Waals surface area contributed by atoms with Gasteiger partial charge in [0.1, 0.15) is 0 Å². The van der Waals surface area contributed by atoms with Crippen molar-refractivity contribution in [3.8, 4) is 11.1 Å². The fourth-order valence-corrected chi connectivity index (χ4v) is 2.95. The van der Waals surface area contributed by atoms with Gasteiger partial charge in [-0.05, 0) is 43.0 Å². The van der Waals surface area contributed by atoms with Crippen LogP contribution < -0.4 is 4.90 Å². The van der Waals surface area contributed by atoms with Crippen molar-refractivity contribution in [1.82, 2.24) is 0 Å². The van der Waals surface area contributed by atoms with Crippen LogP contribution in [0.25, 0.3) is 11.1 Å². The first-order valence-corrected chi connectivity index (χ1v) is 7.64. The summed E-state index contributed by atoms with van der Waals surface area (Å²) < 4.78 is 0. The fourth-order valence-electron chi connectivity index (χ4n) is 2.95. The highest BCUT2D eigenvalue weighted by Gasteiger charge is 2.16. The van der Waals surface area contributed by atoms with E-state index in [4.69, 9.17) is 0 Å². The van der Waals surface area contributed by atoms with Crippen molar-refractivity contribution in [2.45, 2.75) is 19.8 Å². The molecule has 0 atom stereocenters. The van der Waals surface area contributed by atoms with Gasteiger partial charge in [0.15, 0.2) is 12.1 Å². The lowest BCUT2D eigenvalue weighted by molar-refractivity contribution is 0.101. The fraction of sp³-hybridized carbons (Fsp3) is 0.263. The smallest absolute Gasteiger partial charge is 0.159 e. The van der Waals surface area contributed by atoms with Gasteiger partial charge in [0.25, 0.3) is 0 Å². The summed E-state index contributed by atoms with van der Waals surface area (Å²) in [7, 11) is 0. The van der Waals surface area contributed by atoms with Crippen molar-refractivity contribution < 1.29 is 9.59 Å². The average Bonchev–Trinajstić information content (AvgIpc) is 3.08. The number of aldehydes is 1. The highest BCUT2D eigenvalue weighted by atomic mass is 16.1. The summed E-state index contributed by atoms with van der Waals surface area (Å²) in [6.07, 6.45) is 3.28. The Morgan fingerprint density at radius 2 is 1.64 bits per heavy atom. The van der Waals surface area contributed by atoms with Crippen LogP contribution in [0, 0.1) is 0 Å². The van der Waals surface area contributed by atoms with E-state index in [0.29, 0.717) is 5.56 Å². The van der Waals surface area contributed by atoms with E-state index in [9.17, 15) is 9.59 Å². The van der Waals surface area contributed by atoms with Crippen LogP contribution in [0.5, 0.6) is 0 Å². The lowest BCUT2D eigenvalue weighted by Gasteiger charge is -2.20. The molecule has 0 aromatic heterocycles. The van der Waals surface area contributed by atoms with Gasteiger partial charge in [-0.2, -0.15) is 0 Å². The lowest BCUT2D eigenvalue weighted by atomic mass is 10.00. The summed E-state index contributed by atoms with van der Waals surface area (Å²) in [5.41, 5.74) is 4.60. The van der Waals surface area contributed by atoms with Gasteiger partial charge < -0.3 is 4.90 Å². The van der Waals surface area contributed by atoms with Crippen LogP contribution in [0.3, 0.4) is 0 Å². The summed E-state index contributed by atoms with van der Waals surface area (Å²) in [6.45, 7) is 3.58. The lowest BCUT2D eigenvalue weighted by Crippen LogP contribution is -2.19. The number of benzene rings is 2. The largest absolute Gasteiger partial charge is 0.371 e. The van der Waals surface area contributed by atoms with Crippen molar-refractivity contribution in [1.29, 1.82) is 0 Å². The van der Waals surface area contributed by atoms with Gasteiger partial charge in [-0.3, -0.25) is 9.59 Å². The van der Waals surface area contributed by atoms with E-state index in [1.54, 1.807) is 6.92 Å². The second-order valence-electron chi connectivity index (χ2n) is 5.72. The Morgan fingerprint density at radius 1 is 1.00 bits per heavy atom. The maximum Gasteiger partial charge on any atom is 0.159 e. The zero-order valence-corrected chi connectivity index (χ0v) is 12.7. The number of carbonyl (C=O) groups excluding carboxylic acids is 2. The minimum absolute atomic E-state index is 0.0700. The standard InChI is InChI=1S/C19H19NO2/c1-14(22)15-4-6-16(7-5-15)17-8-9-18(13-21)19(12-17)20-10-2-3-11-20/h4-9,12-13H,2-3,10-11H2,1H3. The number of rotatable bonds is 4. The van der Waals surface area contributed by atoms with Crippen LogP contribution in [0.2, 0.25) is 0 Å². The van der Waals surface area contributed by atoms with Crippen molar-refractivity contribution in [2.75, 3.05) is 18.0 Å². The molecule has 3 nitrogen and oxygen atoms in total. The summed E-state index contributed by atoms with van der Waals surface area (Å²) in [4.78, 5) is 24.9. The van der Waals surface area contributed by atoms with Gasteiger partial charge in [0.2, 0.25) is 0 Å². The van der Waals surface area contributed by atoms with Crippen molar-refractivity contribution in [2.24, 2.45) is 0 Å². The minimum Gasteiger partial charge on any atom is -0.371 e. The first-order chi connectivity index (χ1) is 10.7. The Balaban J connectivity index is 1.98. The molecule has 0 saturated carbocycles. The summed E-state index contributed by atoms with van der Waals surface area (Å²) in [6, 6.07) is 13.5. The maximum absolute atomic E-state index is 11.4. The third-order valence-corrected chi connectivity index (χ3v) is 4.23. The van der Waals surface area contributed by atoms with Crippen LogP contribution in [0.1, 0.15) is 40.5 Å². The van der Waals surface area contributed by atoms with Gasteiger partial charge in [-0.1, -0.05) is 30.3 Å². The third kappa shape index (κ3) is 2.80. The highest BCUT2D eigenvalue weighted by Crippen LogP contribution is 2.30. The average molecular weight is 293 g/mol. The number of ketones is 1. The van der Waals surface area contributed by atoms with Crippen molar-refractivity contribution >= 4 is 17.8 Å². The molecule has 1 fully saturated rings. The Hall–Kier alpha value is -2.42. The Kier molecular flexibility index (Phi) is 4.05. The van der Waals surface area contributed by atoms with Crippen LogP contribution in [0.15, 0.2) is 42.5 Å². The molecule has 1 aliphatic rings. The number of nitrogens with zero attached hydrogens (tertiary/aromatic N) is 1. The Bertz CT molecular complexity index is 698. The molecular weight excluding hydrogens is 274 g/mol. The van der Waals surface area contributed by atoms with Crippen molar-refractivity contribution in [3.63, 3.8) is 0 Å². The van der Waals surface area contributed by atoms with Crippen molar-refractivity contribution in [3.05, 3.63) is 53.6 Å². The van der Waals surface area contributed by atoms with E-state index in [1.807, 2.05) is 36.4 Å². The molecule has 1 heterocycles. The number of anilines is 1. The third-order valence-electron chi connectivity index (χ3n) is 4.23. The molecule has 112 valence electrons. The molecule has 1 saturated heterocycles. The van der Waals surface area contributed by atoms with Crippen LogP contribution in [0.4, 0.5) is 5.69 Å². The van der Waals surface area contributed by atoms with E-state index in [0.717, 1.165) is 41.8 Å². The van der Waals surface area contributed by atoms with E-state index in [-0.39, 0.29) is 5.78 Å². The van der Waals surface area contributed by atoms with Gasteiger partial charge >= 0.3 is 0 Å². The molecule has 3 rings (SSSR count). The summed E-state index contributed by atoms with van der Waals surface area (Å²) in [5.74, 6) is 0.0700. The van der Waals surface area contributed by atoms with Crippen LogP contribution >= 0.6 is 0 Å². The summed E-state index contributed by atoms with van der Waals surface area (Å²) in [5, 5.41) is 0. The molecule has 22 heavy (non-hydrogen) atoms. The maximum atomic E-state index is 11.4. The van der Waals surface area contributed by atoms with E-state index in [2.05, 4.69) is 11.0 Å². The normalized spacial score (nSPS) is 14.1. The number of hydrogen-bond acceptors (Lipinski definition) is 3. The molecule has 0 radical (unpaired) electrons. The summed E-state index contributed by atoms with van der Waals surface area (Å²) >= 11 is 0. The second kappa shape index (κ2) is 6.14. The van der Waals surface area contributed by atoms with E-state index in [1.165, 1.54) is 12.8 Å². The first kappa shape index (κ1) is 14.5. The number of carbonyl (C=O) groups is 2. The molecular formula is C19H19NO2. The van der Waals surface area contributed by atoms with Gasteiger partial charge in [0.05, 0.1) is 0 Å². The first-order valence-electron chi connectivity index (χ1n) is 7.64. The zero-order chi connectivity index (χ0) is 15.5. The predicted octanol–water partition coefficient (Wildman–Crippen LogP) is 3.97. The molecule has 0 N–H and O–H groups in total. The molecule has 3 heteroatoms. The molecule has 0 amide bonds. The number of Topliss-reactive ketones (excluding diaryl/α,β-unsaturated/α-hetero) is 1. The van der Waals surface area contributed by atoms with Gasteiger partial charge in [0, 0.05) is 29.9 Å². The second-order valence-corrected chi connectivity index (χ2v) is 5.72. The monoisotopic (exact) mass is 293 g/mol. The molecule has 1 aliphatic heterocycles. The molecule has 2 aromatic rings. The van der Waals surface area contributed by atoms with Gasteiger partial charge in [-0.25, -0.2) is 0 Å². The topological polar surface area (TPSA) is 37.4 Å².